The fraction of sp³-hybridized carbons (Fsp3) is 0.782. The molecule has 5 N–H and O–H groups in total. The van der Waals surface area contributed by atoms with Crippen molar-refractivity contribution in [3.8, 4) is 0 Å². The number of alkyl halides is 3. The maximum atomic E-state index is 13.9. The number of rotatable bonds is 14. The summed E-state index contributed by atoms with van der Waals surface area (Å²) in [5.74, 6) is -4.40. The highest BCUT2D eigenvalue weighted by Gasteiger charge is 2.77. The number of aliphatic hydroxyl groups is 5. The van der Waals surface area contributed by atoms with Gasteiger partial charge in [-0.15, -0.1) is 34.8 Å². The van der Waals surface area contributed by atoms with Crippen molar-refractivity contribution >= 4 is 76.0 Å². The van der Waals surface area contributed by atoms with Gasteiger partial charge in [0, 0.05) is 104 Å². The van der Waals surface area contributed by atoms with Gasteiger partial charge >= 0.3 is 23.9 Å². The quantitative estimate of drug-likeness (QED) is 0.0469. The van der Waals surface area contributed by atoms with E-state index >= 15 is 0 Å². The van der Waals surface area contributed by atoms with Crippen molar-refractivity contribution in [2.75, 3.05) is 19.8 Å². The summed E-state index contributed by atoms with van der Waals surface area (Å²) in [6.45, 7) is 35.4. The molecule has 12 rings (SSSR count). The Morgan fingerprint density at radius 3 is 1.00 bits per heavy atom. The minimum atomic E-state index is -1.62. The number of hydrogen-bond donors (Lipinski definition) is 5. The summed E-state index contributed by atoms with van der Waals surface area (Å²) in [6.07, 6.45) is 26.2. The summed E-state index contributed by atoms with van der Waals surface area (Å²) in [5, 5.41) is 55.3. The molecule has 106 heavy (non-hydrogen) atoms. The third kappa shape index (κ3) is 15.2. The number of Topliss-reactive ketones (excluding diaryl/α,β-unsaturated/α-hetero) is 3. The smallest absolute Gasteiger partial charge is 0.306 e. The molecule has 27 atom stereocenters. The van der Waals surface area contributed by atoms with Gasteiger partial charge < -0.3 is 44.5 Å². The van der Waals surface area contributed by atoms with Crippen LogP contribution in [0.1, 0.15) is 257 Å². The fourth-order valence-electron chi connectivity index (χ4n) is 23.8. The molecule has 0 amide bonds. The van der Waals surface area contributed by atoms with E-state index in [2.05, 4.69) is 75.5 Å². The lowest BCUT2D eigenvalue weighted by molar-refractivity contribution is -0.205. The Morgan fingerprint density at radius 1 is 0.443 bits per heavy atom. The summed E-state index contributed by atoms with van der Waals surface area (Å²) in [5.41, 5.74) is -3.97. The number of fused-ring (bicyclic) bond motifs is 15. The van der Waals surface area contributed by atoms with Gasteiger partial charge in [-0.1, -0.05) is 225 Å². The number of aliphatic hydroxyl groups excluding tert-OH is 4. The Bertz CT molecular complexity index is 3150. The Balaban J connectivity index is 0.000000322. The molecule has 0 unspecified atom stereocenters. The number of esters is 4. The van der Waals surface area contributed by atoms with Crippen LogP contribution >= 0.6 is 34.8 Å². The minimum Gasteiger partial charge on any atom is -0.457 e. The number of allylic oxidation sites excluding steroid dienone is 12. The van der Waals surface area contributed by atoms with Crippen LogP contribution in [0.15, 0.2) is 71.4 Å². The van der Waals surface area contributed by atoms with E-state index in [-0.39, 0.29) is 151 Å². The van der Waals surface area contributed by atoms with Crippen LogP contribution in [0.25, 0.3) is 0 Å². The van der Waals surface area contributed by atoms with Gasteiger partial charge in [0.1, 0.15) is 12.2 Å². The fourth-order valence-corrected chi connectivity index (χ4v) is 25.3. The molecular formula is C87H139Cl3O16. The van der Waals surface area contributed by atoms with Crippen LogP contribution in [0, 0.1) is 104 Å². The Kier molecular flexibility index (Phi) is 32.6. The molecule has 0 aromatic heterocycles. The van der Waals surface area contributed by atoms with E-state index in [1.807, 2.05) is 83.1 Å². The van der Waals surface area contributed by atoms with E-state index < -0.39 is 112 Å². The van der Waals surface area contributed by atoms with Crippen LogP contribution < -0.4 is 0 Å². The van der Waals surface area contributed by atoms with E-state index in [1.54, 1.807) is 27.7 Å². The standard InChI is InChI=1S/2C28H39ClO6.C22H31ClO4.3C2H6.3CH4/c2*1-6-22(32)34-15-21(31)28(35-23(33)7-2)16(3)12-18-24-19(29)13-17-10-8-9-11-26(17,4)25(24)20(30)14-27(18,28)5;1-12-8-14-18-15(23)9-13-6-4-5-7-20(13,2)19(18)16(25)10-21(14,3)22(12,27)17(26)11-24;3*1-2;;;/h2*9-11,16,18-20,24-25,30H,6-8,12-15H2,1-5H3;5-7,12,14-16,18-19,24-25,27H,4,8-11H2,1-3H3;3*1-2H3;3*1H4/t2*16-,18+,19-,20+,24-,25+,26+,27+,28+;12-,14+,15-,16+,18-,19+,20+,21+,22+;;;;;;/m111....../s1. The highest BCUT2D eigenvalue weighted by molar-refractivity contribution is 6.21. The number of hydrogen-bond acceptors (Lipinski definition) is 16. The third-order valence-electron chi connectivity index (χ3n) is 28.1. The second kappa shape index (κ2) is 36.7. The number of carbonyl (C=O) groups is 7. The van der Waals surface area contributed by atoms with Gasteiger partial charge in [-0.2, -0.15) is 0 Å². The van der Waals surface area contributed by atoms with Crippen molar-refractivity contribution in [3.63, 3.8) is 0 Å². The molecule has 0 saturated heterocycles. The van der Waals surface area contributed by atoms with Crippen molar-refractivity contribution in [2.24, 2.45) is 104 Å². The van der Waals surface area contributed by atoms with E-state index in [9.17, 15) is 59.1 Å². The largest absolute Gasteiger partial charge is 0.457 e. The monoisotopic (exact) mass is 1540 g/mol. The van der Waals surface area contributed by atoms with Crippen LogP contribution in [0.2, 0.25) is 0 Å². The molecule has 0 bridgehead atoms. The van der Waals surface area contributed by atoms with Gasteiger partial charge in [-0.25, -0.2) is 0 Å². The predicted octanol–water partition coefficient (Wildman–Crippen LogP) is 17.4. The molecular weight excluding hydrogens is 1410 g/mol. The average molecular weight is 1550 g/mol. The van der Waals surface area contributed by atoms with Gasteiger partial charge in [0.2, 0.25) is 11.6 Å². The third-order valence-corrected chi connectivity index (χ3v) is 29.4. The molecule has 16 nitrogen and oxygen atoms in total. The Hall–Kier alpha value is -4.00. The maximum absolute atomic E-state index is 13.9. The summed E-state index contributed by atoms with van der Waals surface area (Å²) < 4.78 is 22.7. The first-order chi connectivity index (χ1) is 48.5. The van der Waals surface area contributed by atoms with Crippen LogP contribution in [-0.4, -0.2) is 138 Å². The molecule has 9 saturated carbocycles. The molecule has 0 aliphatic heterocycles. The number of carbonyl (C=O) groups excluding carboxylic acids is 7. The molecule has 12 aliphatic rings. The lowest BCUT2D eigenvalue weighted by atomic mass is 9.46. The second-order valence-electron chi connectivity index (χ2n) is 32.6. The Labute approximate surface area is 652 Å². The summed E-state index contributed by atoms with van der Waals surface area (Å²) in [7, 11) is 0. The van der Waals surface area contributed by atoms with Crippen LogP contribution in [0.5, 0.6) is 0 Å². The predicted molar refractivity (Wildman–Crippen MR) is 424 cm³/mol. The molecule has 19 heteroatoms. The van der Waals surface area contributed by atoms with E-state index in [1.165, 1.54) is 16.7 Å². The average Bonchev–Trinajstić information content (AvgIpc) is 1.48. The second-order valence-corrected chi connectivity index (χ2v) is 34.2. The normalized spacial score (nSPS) is 42.9. The van der Waals surface area contributed by atoms with Crippen molar-refractivity contribution < 1.29 is 78.0 Å². The molecule has 0 radical (unpaired) electrons. The number of ketones is 3. The molecule has 12 aliphatic carbocycles. The number of ether oxygens (including phenoxy) is 4. The van der Waals surface area contributed by atoms with Crippen LogP contribution in [0.4, 0.5) is 0 Å². The van der Waals surface area contributed by atoms with Gasteiger partial charge in [0.25, 0.3) is 0 Å². The lowest BCUT2D eigenvalue weighted by Gasteiger charge is -2.61. The topological polar surface area (TPSA) is 258 Å². The zero-order chi connectivity index (χ0) is 77.3. The van der Waals surface area contributed by atoms with Gasteiger partial charge in [-0.3, -0.25) is 33.6 Å². The zero-order valence-electron chi connectivity index (χ0n) is 65.4. The van der Waals surface area contributed by atoms with Gasteiger partial charge in [0.15, 0.2) is 30.2 Å². The van der Waals surface area contributed by atoms with Gasteiger partial charge in [0.05, 0.1) is 18.3 Å². The first-order valence-corrected chi connectivity index (χ1v) is 40.6. The van der Waals surface area contributed by atoms with Crippen molar-refractivity contribution in [1.82, 2.24) is 0 Å². The van der Waals surface area contributed by atoms with Crippen molar-refractivity contribution in [3.05, 3.63) is 71.4 Å². The summed E-state index contributed by atoms with van der Waals surface area (Å²) >= 11 is 21.1. The lowest BCUT2D eigenvalue weighted by Crippen LogP contribution is -2.65. The molecule has 604 valence electrons. The molecule has 0 heterocycles. The van der Waals surface area contributed by atoms with E-state index in [0.29, 0.717) is 38.5 Å². The maximum Gasteiger partial charge on any atom is 0.306 e. The zero-order valence-corrected chi connectivity index (χ0v) is 67.7. The first kappa shape index (κ1) is 94.4. The van der Waals surface area contributed by atoms with Crippen molar-refractivity contribution in [1.29, 1.82) is 0 Å². The highest BCUT2D eigenvalue weighted by atomic mass is 35.5. The Morgan fingerprint density at radius 2 is 0.717 bits per heavy atom. The first-order valence-electron chi connectivity index (χ1n) is 39.3. The summed E-state index contributed by atoms with van der Waals surface area (Å²) in [4.78, 5) is 89.5. The SMILES string of the molecule is C.C.C.CC.CC.CC.CCC(=O)OCC(=O)[C@@]1(OC(=O)CC)[C@H](C)C[C@H]2[C@H]3[C@H]([C@@H](O)C[C@@]21C)[C@@]1(C)C=CCC=C1C[C@H]3Cl.CCC(=O)OCC(=O)[C@@]1(OC(=O)CC)[C@H](C)C[C@H]2[C@H]3[C@H]([C@@H](O)C[C@@]21C)[C@@]1(C)C=CCC=C1C[C@H]3Cl.C[C@@H]1C[C@H]2[C@H]3[C@H]([C@@H](O)C[C@]2(C)[C@@]1(O)C(=O)CO)[C@@]1(C)C=CCC=C1C[C@H]3Cl. The summed E-state index contributed by atoms with van der Waals surface area (Å²) in [6, 6.07) is 0. The van der Waals surface area contributed by atoms with E-state index in [0.717, 1.165) is 38.5 Å². The minimum absolute atomic E-state index is 0. The van der Waals surface area contributed by atoms with Gasteiger partial charge in [-0.05, 0) is 118 Å². The number of halogens is 3. The molecule has 0 aromatic carbocycles. The van der Waals surface area contributed by atoms with Crippen LogP contribution in [0.3, 0.4) is 0 Å². The van der Waals surface area contributed by atoms with E-state index in [4.69, 9.17) is 53.8 Å². The molecule has 0 spiro atoms. The molecule has 0 aromatic rings. The van der Waals surface area contributed by atoms with Crippen molar-refractivity contribution in [2.45, 2.75) is 308 Å². The molecule has 9 fully saturated rings. The highest BCUT2D eigenvalue weighted by Crippen LogP contribution is 2.73. The van der Waals surface area contributed by atoms with Crippen LogP contribution in [-0.2, 0) is 52.5 Å².